The van der Waals surface area contributed by atoms with E-state index in [0.717, 1.165) is 26.2 Å². The third-order valence-corrected chi connectivity index (χ3v) is 2.12. The lowest BCUT2D eigenvalue weighted by atomic mass is 10.3. The molecule has 0 aromatic carbocycles. The zero-order chi connectivity index (χ0) is 11.9. The van der Waals surface area contributed by atoms with Gasteiger partial charge < -0.3 is 10.2 Å². The van der Waals surface area contributed by atoms with Crippen LogP contribution in [0.15, 0.2) is 12.8 Å². The molecule has 92 valence electrons. The molecule has 1 aliphatic heterocycles. The van der Waals surface area contributed by atoms with Gasteiger partial charge in [-0.1, -0.05) is 53.5 Å². The van der Waals surface area contributed by atoms with Crippen LogP contribution in [-0.4, -0.2) is 31.1 Å². The largest absolute Gasteiger partial charge is 0.375 e. The first-order chi connectivity index (χ1) is 7.35. The van der Waals surface area contributed by atoms with Crippen molar-refractivity contribution in [2.75, 3.05) is 26.2 Å². The van der Waals surface area contributed by atoms with Gasteiger partial charge in [0.25, 0.3) is 0 Å². The molecule has 1 heterocycles. The number of nitrogens with one attached hydrogen (secondary N) is 1. The van der Waals surface area contributed by atoms with Crippen LogP contribution in [-0.2, 0) is 0 Å². The van der Waals surface area contributed by atoms with Gasteiger partial charge in [-0.2, -0.15) is 0 Å². The van der Waals surface area contributed by atoms with Gasteiger partial charge in [0.15, 0.2) is 0 Å². The van der Waals surface area contributed by atoms with Crippen LogP contribution in [0.1, 0.15) is 47.0 Å². The number of piperazine rings is 1. The molecule has 1 aliphatic rings. The molecule has 2 heteroatoms. The first kappa shape index (κ1) is 16.9. The van der Waals surface area contributed by atoms with E-state index in [1.54, 1.807) is 0 Å². The maximum Gasteiger partial charge on any atom is 0.0298 e. The Morgan fingerprint density at radius 2 is 1.60 bits per heavy atom. The molecule has 1 saturated heterocycles. The van der Waals surface area contributed by atoms with Crippen LogP contribution >= 0.6 is 0 Å². The van der Waals surface area contributed by atoms with Crippen molar-refractivity contribution in [3.05, 3.63) is 12.8 Å². The topological polar surface area (TPSA) is 15.3 Å². The Balaban J connectivity index is 0. The number of nitrogens with zero attached hydrogens (tertiary/aromatic N) is 1. The molecule has 15 heavy (non-hydrogen) atoms. The summed E-state index contributed by atoms with van der Waals surface area (Å²) in [5.74, 6) is 0. The smallest absolute Gasteiger partial charge is 0.0298 e. The number of hydrogen-bond acceptors (Lipinski definition) is 2. The molecule has 1 N–H and O–H groups in total. The summed E-state index contributed by atoms with van der Waals surface area (Å²) < 4.78 is 0. The van der Waals surface area contributed by atoms with E-state index in [-0.39, 0.29) is 0 Å². The van der Waals surface area contributed by atoms with Gasteiger partial charge in [0.05, 0.1) is 0 Å². The van der Waals surface area contributed by atoms with Crippen molar-refractivity contribution in [2.24, 2.45) is 0 Å². The van der Waals surface area contributed by atoms with Gasteiger partial charge in [0.2, 0.25) is 0 Å². The fourth-order valence-corrected chi connectivity index (χ4v) is 1.22. The molecule has 0 radical (unpaired) electrons. The number of hydrogen-bond donors (Lipinski definition) is 1. The van der Waals surface area contributed by atoms with Crippen molar-refractivity contribution in [1.29, 1.82) is 0 Å². The Hall–Kier alpha value is -0.500. The lowest BCUT2D eigenvalue weighted by molar-refractivity contribution is 0.325. The summed E-state index contributed by atoms with van der Waals surface area (Å²) in [7, 11) is 0. The highest BCUT2D eigenvalue weighted by molar-refractivity contribution is 4.75. The van der Waals surface area contributed by atoms with E-state index in [0.29, 0.717) is 0 Å². The molecule has 0 spiro atoms. The minimum absolute atomic E-state index is 1.10. The van der Waals surface area contributed by atoms with Gasteiger partial charge in [-0.3, -0.25) is 0 Å². The Morgan fingerprint density at radius 3 is 1.80 bits per heavy atom. The average molecular weight is 214 g/mol. The molecular formula is C13H30N2. The minimum atomic E-state index is 1.10. The Morgan fingerprint density at radius 1 is 1.13 bits per heavy atom. The summed E-state index contributed by atoms with van der Waals surface area (Å²) in [6.07, 6.45) is 5.98. The predicted molar refractivity (Wildman–Crippen MR) is 71.2 cm³/mol. The third kappa shape index (κ3) is 13.5. The Labute approximate surface area is 96.7 Å². The van der Waals surface area contributed by atoms with Crippen molar-refractivity contribution >= 4 is 0 Å². The zero-order valence-electron chi connectivity index (χ0n) is 11.2. The summed E-state index contributed by atoms with van der Waals surface area (Å²) in [5.41, 5.74) is 0. The highest BCUT2D eigenvalue weighted by Gasteiger charge is 2.01. The molecular weight excluding hydrogens is 184 g/mol. The molecule has 0 aromatic rings. The van der Waals surface area contributed by atoms with Crippen molar-refractivity contribution in [2.45, 2.75) is 47.0 Å². The monoisotopic (exact) mass is 214 g/mol. The summed E-state index contributed by atoms with van der Waals surface area (Å²) in [5, 5.41) is 3.26. The van der Waals surface area contributed by atoms with Gasteiger partial charge in [-0.05, 0) is 6.20 Å². The third-order valence-electron chi connectivity index (χ3n) is 2.12. The fraction of sp³-hybridized carbons (Fsp3) is 0.846. The summed E-state index contributed by atoms with van der Waals surface area (Å²) >= 11 is 0. The van der Waals surface area contributed by atoms with Crippen LogP contribution < -0.4 is 5.32 Å². The molecule has 1 rings (SSSR count). The standard InChI is InChI=1S/C6H12N2.C5H12.C2H6/c1-2-8-5-3-7-4-6-8;1-3-5-4-2;1-2/h2,7H,1,3-6H2;3-5H2,1-2H3;1-2H3. The minimum Gasteiger partial charge on any atom is -0.375 e. The lowest BCUT2D eigenvalue weighted by Gasteiger charge is -2.24. The van der Waals surface area contributed by atoms with E-state index >= 15 is 0 Å². The van der Waals surface area contributed by atoms with Crippen molar-refractivity contribution in [3.63, 3.8) is 0 Å². The van der Waals surface area contributed by atoms with E-state index < -0.39 is 0 Å². The maximum atomic E-state index is 3.68. The second kappa shape index (κ2) is 15.9. The highest BCUT2D eigenvalue weighted by Crippen LogP contribution is 1.89. The molecule has 0 bridgehead atoms. The maximum absolute atomic E-state index is 3.68. The molecule has 0 unspecified atom stereocenters. The van der Waals surface area contributed by atoms with Gasteiger partial charge in [-0.15, -0.1) is 0 Å². The Bertz CT molecular complexity index is 105. The van der Waals surface area contributed by atoms with Crippen LogP contribution in [0, 0.1) is 0 Å². The summed E-state index contributed by atoms with van der Waals surface area (Å²) in [6, 6.07) is 0. The van der Waals surface area contributed by atoms with Crippen LogP contribution in [0.2, 0.25) is 0 Å². The highest BCUT2D eigenvalue weighted by atomic mass is 15.2. The molecule has 0 aromatic heterocycles. The summed E-state index contributed by atoms with van der Waals surface area (Å²) in [4.78, 5) is 2.22. The molecule has 0 aliphatic carbocycles. The fourth-order valence-electron chi connectivity index (χ4n) is 1.22. The molecule has 1 fully saturated rings. The van der Waals surface area contributed by atoms with Crippen LogP contribution in [0.25, 0.3) is 0 Å². The molecule has 0 amide bonds. The number of unbranched alkanes of at least 4 members (excludes halogenated alkanes) is 2. The van der Waals surface area contributed by atoms with Gasteiger partial charge in [0, 0.05) is 26.2 Å². The van der Waals surface area contributed by atoms with Crippen molar-refractivity contribution < 1.29 is 0 Å². The Kier molecular flexibility index (Phi) is 18.0. The second-order valence-electron chi connectivity index (χ2n) is 3.32. The van der Waals surface area contributed by atoms with Crippen LogP contribution in [0.4, 0.5) is 0 Å². The normalized spacial score (nSPS) is 14.3. The first-order valence-corrected chi connectivity index (χ1v) is 6.42. The van der Waals surface area contributed by atoms with Gasteiger partial charge in [-0.25, -0.2) is 0 Å². The number of rotatable bonds is 3. The van der Waals surface area contributed by atoms with E-state index in [1.165, 1.54) is 19.3 Å². The van der Waals surface area contributed by atoms with Crippen molar-refractivity contribution in [3.8, 4) is 0 Å². The van der Waals surface area contributed by atoms with E-state index in [9.17, 15) is 0 Å². The van der Waals surface area contributed by atoms with E-state index in [4.69, 9.17) is 0 Å². The van der Waals surface area contributed by atoms with Crippen LogP contribution in [0.5, 0.6) is 0 Å². The lowest BCUT2D eigenvalue weighted by Crippen LogP contribution is -2.40. The first-order valence-electron chi connectivity index (χ1n) is 6.42. The second-order valence-corrected chi connectivity index (χ2v) is 3.32. The molecule has 0 saturated carbocycles. The molecule has 0 atom stereocenters. The van der Waals surface area contributed by atoms with Gasteiger partial charge in [0.1, 0.15) is 0 Å². The predicted octanol–water partition coefficient (Wildman–Crippen LogP) is 3.26. The van der Waals surface area contributed by atoms with Crippen LogP contribution in [0.3, 0.4) is 0 Å². The summed E-state index contributed by atoms with van der Waals surface area (Å²) in [6.45, 7) is 16.5. The van der Waals surface area contributed by atoms with E-state index in [1.807, 2.05) is 20.0 Å². The van der Waals surface area contributed by atoms with E-state index in [2.05, 4.69) is 30.6 Å². The average Bonchev–Trinajstić information content (AvgIpc) is 2.34. The SMILES string of the molecule is C=CN1CCNCC1.CC.CCCCC. The zero-order valence-corrected chi connectivity index (χ0v) is 11.2. The molecule has 2 nitrogen and oxygen atoms in total. The van der Waals surface area contributed by atoms with Gasteiger partial charge >= 0.3 is 0 Å². The van der Waals surface area contributed by atoms with Crippen molar-refractivity contribution in [1.82, 2.24) is 10.2 Å². The quantitative estimate of drug-likeness (QED) is 0.776.